The summed E-state index contributed by atoms with van der Waals surface area (Å²) in [6, 6.07) is 15.4. The Morgan fingerprint density at radius 1 is 1.21 bits per heavy atom. The molecule has 2 aliphatic rings. The van der Waals surface area contributed by atoms with Gasteiger partial charge in [-0.3, -0.25) is 10.2 Å². The number of nitrogens with one attached hydrogen (secondary N) is 1. The first-order valence-corrected chi connectivity index (χ1v) is 11.3. The zero-order valence-electron chi connectivity index (χ0n) is 18.4. The molecule has 0 radical (unpaired) electrons. The molecule has 4 rings (SSSR count). The van der Waals surface area contributed by atoms with Crippen molar-refractivity contribution in [3.05, 3.63) is 77.9 Å². The lowest BCUT2D eigenvalue weighted by Crippen LogP contribution is -2.35. The molecule has 2 aliphatic heterocycles. The number of carbonyl (C=O) groups excluding carboxylic acids is 1. The minimum atomic E-state index is -0.464. The summed E-state index contributed by atoms with van der Waals surface area (Å²) < 4.78 is 11.0. The van der Waals surface area contributed by atoms with Gasteiger partial charge in [-0.25, -0.2) is 0 Å². The zero-order valence-corrected chi connectivity index (χ0v) is 19.3. The summed E-state index contributed by atoms with van der Waals surface area (Å²) in [6.07, 6.45) is 4.12. The maximum absolute atomic E-state index is 12.8. The number of hydrogen-bond donors (Lipinski definition) is 1. The second kappa shape index (κ2) is 9.87. The highest BCUT2D eigenvalue weighted by Gasteiger charge is 2.37. The molecule has 1 N–H and O–H groups in total. The van der Waals surface area contributed by atoms with Crippen molar-refractivity contribution in [1.29, 1.82) is 5.41 Å². The third-order valence-electron chi connectivity index (χ3n) is 5.23. The van der Waals surface area contributed by atoms with Crippen LogP contribution in [0.15, 0.2) is 76.9 Å². The molecule has 0 saturated carbocycles. The van der Waals surface area contributed by atoms with Gasteiger partial charge in [-0.05, 0) is 47.5 Å². The van der Waals surface area contributed by atoms with Crippen molar-refractivity contribution in [2.45, 2.75) is 19.3 Å². The minimum Gasteiger partial charge on any atom is -0.493 e. The van der Waals surface area contributed by atoms with Gasteiger partial charge >= 0.3 is 0 Å². The molecule has 8 heteroatoms. The predicted molar refractivity (Wildman–Crippen MR) is 133 cm³/mol. The average molecular weight is 461 g/mol. The van der Waals surface area contributed by atoms with Gasteiger partial charge in [-0.1, -0.05) is 56.0 Å². The van der Waals surface area contributed by atoms with E-state index in [9.17, 15) is 4.79 Å². The Kier molecular flexibility index (Phi) is 6.74. The molecule has 1 unspecified atom stereocenters. The van der Waals surface area contributed by atoms with Crippen LogP contribution >= 0.6 is 11.8 Å². The van der Waals surface area contributed by atoms with Crippen molar-refractivity contribution in [3.8, 4) is 11.5 Å². The molecule has 0 fully saturated rings. The Balaban J connectivity index is 1.62. The Morgan fingerprint density at radius 2 is 2.00 bits per heavy atom. The molecule has 2 heterocycles. The molecule has 7 nitrogen and oxygen atoms in total. The lowest BCUT2D eigenvalue weighted by atomic mass is 9.98. The maximum atomic E-state index is 12.8. The Morgan fingerprint density at radius 3 is 2.70 bits per heavy atom. The van der Waals surface area contributed by atoms with Crippen LogP contribution in [0.3, 0.4) is 0 Å². The Hall–Kier alpha value is -3.65. The number of rotatable bonds is 8. The van der Waals surface area contributed by atoms with Gasteiger partial charge in [-0.15, -0.1) is 0 Å². The summed E-state index contributed by atoms with van der Waals surface area (Å²) in [6.45, 7) is 6.09. The first-order valence-electron chi connectivity index (χ1n) is 10.5. The number of hydrogen-bond acceptors (Lipinski definition) is 6. The van der Waals surface area contributed by atoms with Crippen molar-refractivity contribution >= 4 is 39.8 Å². The largest absolute Gasteiger partial charge is 0.493 e. The molecular formula is C25H24N4O3S. The summed E-state index contributed by atoms with van der Waals surface area (Å²) in [5.41, 5.74) is 2.00. The van der Waals surface area contributed by atoms with E-state index in [4.69, 9.17) is 14.9 Å². The lowest BCUT2D eigenvalue weighted by molar-refractivity contribution is -0.114. The lowest BCUT2D eigenvalue weighted by Gasteiger charge is -2.20. The third-order valence-corrected chi connectivity index (χ3v) is 6.26. The molecule has 0 aromatic heterocycles. The first-order chi connectivity index (χ1) is 16.0. The smallest absolute Gasteiger partial charge is 0.283 e. The van der Waals surface area contributed by atoms with Crippen LogP contribution in [0.2, 0.25) is 0 Å². The molecule has 2 aromatic carbocycles. The molecule has 0 saturated heterocycles. The third kappa shape index (κ3) is 4.61. The maximum Gasteiger partial charge on any atom is 0.283 e. The van der Waals surface area contributed by atoms with E-state index in [1.807, 2.05) is 18.2 Å². The molecule has 2 aromatic rings. The standard InChI is InChI=1S/C25H24N4O3S/c1-4-13-32-20-12-11-16(15-21(20)31-3)14-19-22(26)29-25(27-23(19)30)33-24(28-29)18(5-2)17-9-7-6-8-10-17/h4,6-12,14-15,18,26H,1,5,13H2,2-3H3. The van der Waals surface area contributed by atoms with Gasteiger partial charge in [-0.2, -0.15) is 15.1 Å². The monoisotopic (exact) mass is 460 g/mol. The van der Waals surface area contributed by atoms with Crippen molar-refractivity contribution in [3.63, 3.8) is 0 Å². The van der Waals surface area contributed by atoms with Crippen LogP contribution in [-0.2, 0) is 4.79 Å². The molecule has 1 atom stereocenters. The Labute approximate surface area is 197 Å². The number of hydrazone groups is 1. The summed E-state index contributed by atoms with van der Waals surface area (Å²) in [4.78, 5) is 17.0. The number of thioether (sulfide) groups is 1. The summed E-state index contributed by atoms with van der Waals surface area (Å²) in [5.74, 6) is 0.708. The SMILES string of the molecule is C=CCOc1ccc(C=C2C(=N)N3N=C(C(CC)c4ccccc4)SC3=NC2=O)cc1OC. The number of amides is 1. The van der Waals surface area contributed by atoms with E-state index in [0.717, 1.165) is 17.0 Å². The molecule has 33 heavy (non-hydrogen) atoms. The van der Waals surface area contributed by atoms with Crippen LogP contribution in [0.5, 0.6) is 11.5 Å². The minimum absolute atomic E-state index is 0.00126. The quantitative estimate of drug-likeness (QED) is 0.439. The summed E-state index contributed by atoms with van der Waals surface area (Å²) in [5, 5.41) is 16.0. The molecule has 168 valence electrons. The number of carbonyl (C=O) groups is 1. The van der Waals surface area contributed by atoms with Crippen LogP contribution < -0.4 is 9.47 Å². The Bertz CT molecular complexity index is 1190. The topological polar surface area (TPSA) is 87.3 Å². The van der Waals surface area contributed by atoms with Gasteiger partial charge in [0.05, 0.1) is 12.7 Å². The van der Waals surface area contributed by atoms with E-state index < -0.39 is 5.91 Å². The molecule has 1 amide bonds. The molecule has 0 aliphatic carbocycles. The normalized spacial score (nSPS) is 17.4. The van der Waals surface area contributed by atoms with Gasteiger partial charge in [0, 0.05) is 5.92 Å². The molecule has 0 spiro atoms. The zero-order chi connectivity index (χ0) is 23.4. The second-order valence-electron chi connectivity index (χ2n) is 7.34. The number of ether oxygens (including phenoxy) is 2. The highest BCUT2D eigenvalue weighted by Crippen LogP contribution is 2.36. The second-order valence-corrected chi connectivity index (χ2v) is 8.33. The van der Waals surface area contributed by atoms with Gasteiger partial charge in [0.2, 0.25) is 5.17 Å². The van der Waals surface area contributed by atoms with Crippen LogP contribution in [0.1, 0.15) is 30.4 Å². The number of nitrogens with zero attached hydrogens (tertiary/aromatic N) is 3. The number of methoxy groups -OCH3 is 1. The van der Waals surface area contributed by atoms with E-state index in [2.05, 4.69) is 35.7 Å². The first kappa shape index (κ1) is 22.5. The van der Waals surface area contributed by atoms with Crippen LogP contribution in [0, 0.1) is 5.41 Å². The van der Waals surface area contributed by atoms with E-state index in [1.165, 1.54) is 16.8 Å². The van der Waals surface area contributed by atoms with Crippen molar-refractivity contribution in [2.24, 2.45) is 10.1 Å². The fraction of sp³-hybridized carbons (Fsp3) is 0.200. The van der Waals surface area contributed by atoms with Gasteiger partial charge in [0.1, 0.15) is 11.7 Å². The van der Waals surface area contributed by atoms with Crippen molar-refractivity contribution < 1.29 is 14.3 Å². The van der Waals surface area contributed by atoms with Crippen LogP contribution in [0.25, 0.3) is 6.08 Å². The van der Waals surface area contributed by atoms with Gasteiger partial charge in [0.25, 0.3) is 5.91 Å². The summed E-state index contributed by atoms with van der Waals surface area (Å²) in [7, 11) is 1.55. The van der Waals surface area contributed by atoms with Crippen molar-refractivity contribution in [1.82, 2.24) is 5.01 Å². The number of aliphatic imine (C=N–C) groups is 1. The molecule has 0 bridgehead atoms. The van der Waals surface area contributed by atoms with E-state index in [1.54, 1.807) is 37.5 Å². The number of benzene rings is 2. The predicted octanol–water partition coefficient (Wildman–Crippen LogP) is 5.07. The number of amidine groups is 2. The van der Waals surface area contributed by atoms with Gasteiger partial charge < -0.3 is 9.47 Å². The van der Waals surface area contributed by atoms with Crippen LogP contribution in [0.4, 0.5) is 0 Å². The van der Waals surface area contributed by atoms with Crippen LogP contribution in [-0.4, -0.2) is 40.7 Å². The van der Waals surface area contributed by atoms with E-state index >= 15 is 0 Å². The molecular weight excluding hydrogens is 436 g/mol. The van der Waals surface area contributed by atoms with Crippen molar-refractivity contribution in [2.75, 3.05) is 13.7 Å². The fourth-order valence-electron chi connectivity index (χ4n) is 3.59. The van der Waals surface area contributed by atoms with Gasteiger partial charge in [0.15, 0.2) is 17.3 Å². The van der Waals surface area contributed by atoms with E-state index in [0.29, 0.717) is 28.8 Å². The summed E-state index contributed by atoms with van der Waals surface area (Å²) >= 11 is 1.35. The highest BCUT2D eigenvalue weighted by molar-refractivity contribution is 8.27. The fourth-order valence-corrected chi connectivity index (χ4v) is 4.70. The highest BCUT2D eigenvalue weighted by atomic mass is 32.2. The van der Waals surface area contributed by atoms with E-state index in [-0.39, 0.29) is 17.3 Å². The number of fused-ring (bicyclic) bond motifs is 1. The average Bonchev–Trinajstić information content (AvgIpc) is 3.25.